The number of nitrogens with zero attached hydrogens (tertiary/aromatic N) is 1. The topological polar surface area (TPSA) is 43.7 Å². The van der Waals surface area contributed by atoms with Crippen LogP contribution in [0, 0.1) is 0 Å². The van der Waals surface area contributed by atoms with Gasteiger partial charge < -0.3 is 10.0 Å². The molecule has 92 valence electrons. The summed E-state index contributed by atoms with van der Waals surface area (Å²) in [6, 6.07) is 8.29. The van der Waals surface area contributed by atoms with Crippen molar-refractivity contribution in [1.29, 1.82) is 0 Å². The molecular formula is C13H20BNO2. The van der Waals surface area contributed by atoms with Crippen LogP contribution in [0.5, 0.6) is 0 Å². The molecule has 4 heteroatoms. The lowest BCUT2D eigenvalue weighted by Gasteiger charge is -2.22. The zero-order chi connectivity index (χ0) is 12.3. The number of hydrogen-bond donors (Lipinski definition) is 2. The van der Waals surface area contributed by atoms with Gasteiger partial charge >= 0.3 is 7.12 Å². The molecule has 0 aromatic heterocycles. The minimum absolute atomic E-state index is 0.634. The molecule has 0 unspecified atom stereocenters. The zero-order valence-corrected chi connectivity index (χ0v) is 10.3. The molecule has 0 atom stereocenters. The van der Waals surface area contributed by atoms with Gasteiger partial charge in [-0.1, -0.05) is 31.2 Å². The van der Waals surface area contributed by atoms with E-state index in [1.807, 2.05) is 18.2 Å². The highest BCUT2D eigenvalue weighted by molar-refractivity contribution is 6.59. The molecule has 17 heavy (non-hydrogen) atoms. The Morgan fingerprint density at radius 3 is 2.59 bits per heavy atom. The maximum absolute atomic E-state index is 9.34. The molecule has 0 heterocycles. The molecule has 0 spiro atoms. The molecule has 2 rings (SSSR count). The molecule has 1 aromatic carbocycles. The summed E-state index contributed by atoms with van der Waals surface area (Å²) in [6.07, 6.45) is 3.70. The van der Waals surface area contributed by atoms with Crippen LogP contribution in [0.1, 0.15) is 31.7 Å². The molecule has 1 saturated carbocycles. The fourth-order valence-electron chi connectivity index (χ4n) is 2.27. The number of rotatable bonds is 6. The Bertz CT molecular complexity index is 366. The second kappa shape index (κ2) is 5.67. The van der Waals surface area contributed by atoms with Gasteiger partial charge in [0.25, 0.3) is 0 Å². The molecule has 0 amide bonds. The van der Waals surface area contributed by atoms with Crippen LogP contribution in [0.2, 0.25) is 0 Å². The van der Waals surface area contributed by atoms with E-state index in [0.29, 0.717) is 11.5 Å². The van der Waals surface area contributed by atoms with E-state index in [1.54, 1.807) is 6.07 Å². The Kier molecular flexibility index (Phi) is 4.21. The lowest BCUT2D eigenvalue weighted by Crippen LogP contribution is -2.36. The SMILES string of the molecule is CCCN(Cc1ccccc1B(O)O)C1CC1. The zero-order valence-electron chi connectivity index (χ0n) is 10.3. The average Bonchev–Trinajstić information content (AvgIpc) is 3.13. The third-order valence-corrected chi connectivity index (χ3v) is 3.28. The van der Waals surface area contributed by atoms with E-state index in [1.165, 1.54) is 12.8 Å². The third-order valence-electron chi connectivity index (χ3n) is 3.28. The molecule has 1 aliphatic rings. The van der Waals surface area contributed by atoms with Gasteiger partial charge in [-0.2, -0.15) is 0 Å². The largest absolute Gasteiger partial charge is 0.488 e. The van der Waals surface area contributed by atoms with Gasteiger partial charge in [0, 0.05) is 12.6 Å². The number of hydrogen-bond acceptors (Lipinski definition) is 3. The quantitative estimate of drug-likeness (QED) is 0.712. The minimum atomic E-state index is -1.37. The van der Waals surface area contributed by atoms with Crippen LogP contribution in [0.3, 0.4) is 0 Å². The lowest BCUT2D eigenvalue weighted by atomic mass is 9.77. The first-order valence-electron chi connectivity index (χ1n) is 6.40. The fraction of sp³-hybridized carbons (Fsp3) is 0.538. The van der Waals surface area contributed by atoms with Crippen LogP contribution in [0.15, 0.2) is 24.3 Å². The molecule has 2 N–H and O–H groups in total. The molecule has 1 fully saturated rings. The summed E-state index contributed by atoms with van der Waals surface area (Å²) in [4.78, 5) is 2.45. The summed E-state index contributed by atoms with van der Waals surface area (Å²) in [5.74, 6) is 0. The van der Waals surface area contributed by atoms with Gasteiger partial charge in [0.1, 0.15) is 0 Å². The van der Waals surface area contributed by atoms with Crippen molar-refractivity contribution < 1.29 is 10.0 Å². The van der Waals surface area contributed by atoms with E-state index in [2.05, 4.69) is 11.8 Å². The van der Waals surface area contributed by atoms with Crippen LogP contribution in [0.4, 0.5) is 0 Å². The molecule has 0 radical (unpaired) electrons. The Hall–Kier alpha value is -0.835. The lowest BCUT2D eigenvalue weighted by molar-refractivity contribution is 0.255. The predicted molar refractivity (Wildman–Crippen MR) is 70.0 cm³/mol. The molecule has 1 aliphatic carbocycles. The van der Waals surface area contributed by atoms with E-state index in [-0.39, 0.29) is 0 Å². The van der Waals surface area contributed by atoms with Crippen LogP contribution < -0.4 is 5.46 Å². The molecule has 0 aliphatic heterocycles. The van der Waals surface area contributed by atoms with Crippen molar-refractivity contribution >= 4 is 12.6 Å². The van der Waals surface area contributed by atoms with Crippen LogP contribution in [0.25, 0.3) is 0 Å². The second-order valence-corrected chi connectivity index (χ2v) is 4.77. The van der Waals surface area contributed by atoms with Crippen molar-refractivity contribution in [2.24, 2.45) is 0 Å². The molecule has 1 aromatic rings. The highest BCUT2D eigenvalue weighted by Crippen LogP contribution is 2.28. The Balaban J connectivity index is 2.10. The van der Waals surface area contributed by atoms with Crippen molar-refractivity contribution in [2.45, 2.75) is 38.8 Å². The Morgan fingerprint density at radius 2 is 2.00 bits per heavy atom. The minimum Gasteiger partial charge on any atom is -0.423 e. The van der Waals surface area contributed by atoms with Crippen LogP contribution >= 0.6 is 0 Å². The van der Waals surface area contributed by atoms with Crippen molar-refractivity contribution in [1.82, 2.24) is 4.90 Å². The van der Waals surface area contributed by atoms with Crippen molar-refractivity contribution in [2.75, 3.05) is 6.54 Å². The van der Waals surface area contributed by atoms with Crippen molar-refractivity contribution in [3.8, 4) is 0 Å². The van der Waals surface area contributed by atoms with E-state index in [0.717, 1.165) is 25.1 Å². The highest BCUT2D eigenvalue weighted by Gasteiger charge is 2.29. The van der Waals surface area contributed by atoms with Gasteiger partial charge in [-0.15, -0.1) is 0 Å². The Morgan fingerprint density at radius 1 is 1.29 bits per heavy atom. The van der Waals surface area contributed by atoms with E-state index < -0.39 is 7.12 Å². The smallest absolute Gasteiger partial charge is 0.423 e. The van der Waals surface area contributed by atoms with Gasteiger partial charge in [0.05, 0.1) is 0 Å². The normalized spacial score (nSPS) is 15.3. The molecule has 0 bridgehead atoms. The van der Waals surface area contributed by atoms with Gasteiger partial charge in [-0.25, -0.2) is 0 Å². The predicted octanol–water partition coefficient (Wildman–Crippen LogP) is 0.741. The molecule has 0 saturated heterocycles. The molecular weight excluding hydrogens is 213 g/mol. The van der Waals surface area contributed by atoms with Gasteiger partial charge in [-0.3, -0.25) is 4.90 Å². The number of benzene rings is 1. The average molecular weight is 233 g/mol. The fourth-order valence-corrected chi connectivity index (χ4v) is 2.27. The maximum Gasteiger partial charge on any atom is 0.488 e. The van der Waals surface area contributed by atoms with Crippen LogP contribution in [-0.4, -0.2) is 34.7 Å². The monoisotopic (exact) mass is 233 g/mol. The molecule has 3 nitrogen and oxygen atoms in total. The first kappa shape index (κ1) is 12.6. The summed E-state index contributed by atoms with van der Waals surface area (Å²) >= 11 is 0. The van der Waals surface area contributed by atoms with E-state index in [9.17, 15) is 10.0 Å². The van der Waals surface area contributed by atoms with E-state index >= 15 is 0 Å². The standard InChI is InChI=1S/C13H20BNO2/c1-2-9-15(12-7-8-12)10-11-5-3-4-6-13(11)14(16)17/h3-6,12,16-17H,2,7-10H2,1H3. The summed E-state index contributed by atoms with van der Waals surface area (Å²) in [7, 11) is -1.37. The highest BCUT2D eigenvalue weighted by atomic mass is 16.4. The van der Waals surface area contributed by atoms with Gasteiger partial charge in [0.15, 0.2) is 0 Å². The first-order valence-corrected chi connectivity index (χ1v) is 6.40. The maximum atomic E-state index is 9.34. The van der Waals surface area contributed by atoms with Crippen molar-refractivity contribution in [3.63, 3.8) is 0 Å². The second-order valence-electron chi connectivity index (χ2n) is 4.77. The summed E-state index contributed by atoms with van der Waals surface area (Å²) < 4.78 is 0. The Labute approximate surface area is 103 Å². The summed E-state index contributed by atoms with van der Waals surface area (Å²) in [5.41, 5.74) is 1.66. The summed E-state index contributed by atoms with van der Waals surface area (Å²) in [5, 5.41) is 18.7. The van der Waals surface area contributed by atoms with E-state index in [4.69, 9.17) is 0 Å². The third kappa shape index (κ3) is 3.31. The summed E-state index contributed by atoms with van der Waals surface area (Å²) in [6.45, 7) is 4.09. The first-order chi connectivity index (χ1) is 8.22. The van der Waals surface area contributed by atoms with Crippen LogP contribution in [-0.2, 0) is 6.54 Å². The van der Waals surface area contributed by atoms with Gasteiger partial charge in [-0.05, 0) is 36.8 Å². The van der Waals surface area contributed by atoms with Crippen molar-refractivity contribution in [3.05, 3.63) is 29.8 Å². The van der Waals surface area contributed by atoms with Gasteiger partial charge in [0.2, 0.25) is 0 Å².